The predicted molar refractivity (Wildman–Crippen MR) is 75.4 cm³/mol. The summed E-state index contributed by atoms with van der Waals surface area (Å²) in [5, 5.41) is 14.3. The fourth-order valence-electron chi connectivity index (χ4n) is 2.35. The van der Waals surface area contributed by atoms with Gasteiger partial charge < -0.3 is 14.8 Å². The monoisotopic (exact) mass is 280 g/mol. The van der Waals surface area contributed by atoms with Crippen molar-refractivity contribution in [1.29, 1.82) is 0 Å². The highest BCUT2D eigenvalue weighted by Gasteiger charge is 2.14. The lowest BCUT2D eigenvalue weighted by molar-refractivity contribution is -0.385. The van der Waals surface area contributed by atoms with Crippen LogP contribution in [-0.4, -0.2) is 31.2 Å². The van der Waals surface area contributed by atoms with E-state index in [1.807, 2.05) is 0 Å². The van der Waals surface area contributed by atoms with Gasteiger partial charge in [-0.3, -0.25) is 10.1 Å². The van der Waals surface area contributed by atoms with Crippen molar-refractivity contribution in [2.24, 2.45) is 0 Å². The van der Waals surface area contributed by atoms with E-state index in [1.165, 1.54) is 38.5 Å². The highest BCUT2D eigenvalue weighted by Crippen LogP contribution is 2.27. The number of rotatable bonds is 6. The highest BCUT2D eigenvalue weighted by atomic mass is 16.6. The van der Waals surface area contributed by atoms with Crippen LogP contribution in [0.5, 0.6) is 11.5 Å². The van der Waals surface area contributed by atoms with Gasteiger partial charge in [0.25, 0.3) is 5.69 Å². The molecule has 1 aromatic carbocycles. The molecule has 1 atom stereocenters. The maximum Gasteiger partial charge on any atom is 0.276 e. The van der Waals surface area contributed by atoms with Gasteiger partial charge in [-0.15, -0.1) is 0 Å². The molecule has 1 aliphatic rings. The molecule has 110 valence electrons. The normalized spacial score (nSPS) is 18.6. The Morgan fingerprint density at radius 2 is 2.15 bits per heavy atom. The van der Waals surface area contributed by atoms with E-state index >= 15 is 0 Å². The van der Waals surface area contributed by atoms with E-state index in [9.17, 15) is 10.1 Å². The predicted octanol–water partition coefficient (Wildman–Crippen LogP) is 2.51. The summed E-state index contributed by atoms with van der Waals surface area (Å²) in [6.45, 7) is 1.61. The minimum atomic E-state index is -0.446. The number of benzene rings is 1. The topological polar surface area (TPSA) is 73.6 Å². The van der Waals surface area contributed by atoms with Crippen molar-refractivity contribution in [3.63, 3.8) is 0 Å². The maximum atomic E-state index is 10.8. The Morgan fingerprint density at radius 1 is 1.35 bits per heavy atom. The van der Waals surface area contributed by atoms with Crippen LogP contribution < -0.4 is 14.8 Å². The van der Waals surface area contributed by atoms with Crippen molar-refractivity contribution in [2.45, 2.75) is 31.7 Å². The van der Waals surface area contributed by atoms with Gasteiger partial charge >= 0.3 is 0 Å². The van der Waals surface area contributed by atoms with Crippen molar-refractivity contribution in [3.05, 3.63) is 28.3 Å². The van der Waals surface area contributed by atoms with Crippen LogP contribution in [0.1, 0.15) is 25.7 Å². The average Bonchev–Trinajstić information content (AvgIpc) is 2.48. The van der Waals surface area contributed by atoms with Crippen LogP contribution >= 0.6 is 0 Å². The molecule has 1 unspecified atom stereocenters. The number of non-ortho nitro benzene ring substituents is 1. The Labute approximate surface area is 118 Å². The molecule has 1 saturated heterocycles. The fourth-order valence-corrected chi connectivity index (χ4v) is 2.35. The number of nitrogens with one attached hydrogen (secondary N) is 1. The molecule has 0 aliphatic carbocycles. The molecular weight excluding hydrogens is 260 g/mol. The zero-order chi connectivity index (χ0) is 14.4. The molecule has 0 bridgehead atoms. The third kappa shape index (κ3) is 4.09. The van der Waals surface area contributed by atoms with E-state index in [0.29, 0.717) is 24.1 Å². The summed E-state index contributed by atoms with van der Waals surface area (Å²) in [6, 6.07) is 4.97. The third-order valence-electron chi connectivity index (χ3n) is 3.46. The second-order valence-electron chi connectivity index (χ2n) is 4.91. The molecule has 6 heteroatoms. The van der Waals surface area contributed by atoms with Gasteiger partial charge in [0.05, 0.1) is 30.8 Å². The number of nitrogens with zero attached hydrogens (tertiary/aromatic N) is 1. The lowest BCUT2D eigenvalue weighted by atomic mass is 10.0. The molecule has 0 aromatic heterocycles. The standard InChI is InChI=1S/C14H20N2O4/c1-19-13-8-12(16(17)18)9-14(10-13)20-7-5-11-4-2-3-6-15-11/h8-11,15H,2-7H2,1H3. The number of nitro benzene ring substituents is 1. The quantitative estimate of drug-likeness (QED) is 0.640. The van der Waals surface area contributed by atoms with E-state index in [4.69, 9.17) is 9.47 Å². The molecule has 20 heavy (non-hydrogen) atoms. The number of ether oxygens (including phenoxy) is 2. The first-order chi connectivity index (χ1) is 9.69. The molecule has 1 heterocycles. The van der Waals surface area contributed by atoms with Crippen LogP contribution in [0.15, 0.2) is 18.2 Å². The van der Waals surface area contributed by atoms with Crippen molar-refractivity contribution in [2.75, 3.05) is 20.3 Å². The molecule has 0 amide bonds. The molecule has 0 saturated carbocycles. The zero-order valence-electron chi connectivity index (χ0n) is 11.6. The van der Waals surface area contributed by atoms with Gasteiger partial charge in [-0.1, -0.05) is 6.42 Å². The summed E-state index contributed by atoms with van der Waals surface area (Å²) in [6.07, 6.45) is 4.56. The zero-order valence-corrected chi connectivity index (χ0v) is 11.6. The van der Waals surface area contributed by atoms with Gasteiger partial charge in [0, 0.05) is 12.1 Å². The number of nitro groups is 1. The first-order valence-electron chi connectivity index (χ1n) is 6.88. The summed E-state index contributed by atoms with van der Waals surface area (Å²) in [5.41, 5.74) is -0.0184. The van der Waals surface area contributed by atoms with Crippen molar-refractivity contribution < 1.29 is 14.4 Å². The van der Waals surface area contributed by atoms with E-state index < -0.39 is 4.92 Å². The smallest absolute Gasteiger partial charge is 0.276 e. The fraction of sp³-hybridized carbons (Fsp3) is 0.571. The van der Waals surface area contributed by atoms with Gasteiger partial charge in [-0.25, -0.2) is 0 Å². The van der Waals surface area contributed by atoms with Crippen LogP contribution in [0.3, 0.4) is 0 Å². The Balaban J connectivity index is 1.91. The van der Waals surface area contributed by atoms with Crippen LogP contribution in [0.2, 0.25) is 0 Å². The molecule has 6 nitrogen and oxygen atoms in total. The molecule has 1 N–H and O–H groups in total. The second kappa shape index (κ2) is 7.09. The minimum Gasteiger partial charge on any atom is -0.496 e. The minimum absolute atomic E-state index is 0.0184. The van der Waals surface area contributed by atoms with Gasteiger partial charge in [-0.2, -0.15) is 0 Å². The lowest BCUT2D eigenvalue weighted by Crippen LogP contribution is -2.35. The summed E-state index contributed by atoms with van der Waals surface area (Å²) in [7, 11) is 1.48. The third-order valence-corrected chi connectivity index (χ3v) is 3.46. The number of methoxy groups -OCH3 is 1. The van der Waals surface area contributed by atoms with E-state index in [-0.39, 0.29) is 5.69 Å². The molecule has 1 aromatic rings. The van der Waals surface area contributed by atoms with Gasteiger partial charge in [0.15, 0.2) is 0 Å². The highest BCUT2D eigenvalue weighted by molar-refractivity contribution is 5.45. The van der Waals surface area contributed by atoms with E-state index in [2.05, 4.69) is 5.32 Å². The average molecular weight is 280 g/mol. The summed E-state index contributed by atoms with van der Waals surface area (Å²) < 4.78 is 10.7. The van der Waals surface area contributed by atoms with Crippen LogP contribution in [0, 0.1) is 10.1 Å². The number of piperidine rings is 1. The Bertz CT molecular complexity index is 458. The van der Waals surface area contributed by atoms with Crippen LogP contribution in [0.4, 0.5) is 5.69 Å². The Morgan fingerprint density at radius 3 is 2.80 bits per heavy atom. The largest absolute Gasteiger partial charge is 0.496 e. The summed E-state index contributed by atoms with van der Waals surface area (Å²) in [4.78, 5) is 10.4. The number of hydrogen-bond donors (Lipinski definition) is 1. The lowest BCUT2D eigenvalue weighted by Gasteiger charge is -2.23. The Kier molecular flexibility index (Phi) is 5.17. The summed E-state index contributed by atoms with van der Waals surface area (Å²) >= 11 is 0. The molecule has 0 spiro atoms. The maximum absolute atomic E-state index is 10.8. The van der Waals surface area contributed by atoms with Crippen LogP contribution in [0.25, 0.3) is 0 Å². The van der Waals surface area contributed by atoms with Gasteiger partial charge in [0.2, 0.25) is 0 Å². The van der Waals surface area contributed by atoms with Gasteiger partial charge in [-0.05, 0) is 25.8 Å². The SMILES string of the molecule is COc1cc(OCCC2CCCCN2)cc([N+](=O)[O-])c1. The second-order valence-corrected chi connectivity index (χ2v) is 4.91. The van der Waals surface area contributed by atoms with Crippen molar-refractivity contribution >= 4 is 5.69 Å². The van der Waals surface area contributed by atoms with Crippen molar-refractivity contribution in [1.82, 2.24) is 5.32 Å². The molecular formula is C14H20N2O4. The van der Waals surface area contributed by atoms with E-state index in [0.717, 1.165) is 13.0 Å². The van der Waals surface area contributed by atoms with Crippen LogP contribution in [-0.2, 0) is 0 Å². The summed E-state index contributed by atoms with van der Waals surface area (Å²) in [5.74, 6) is 0.914. The molecule has 0 radical (unpaired) electrons. The number of hydrogen-bond acceptors (Lipinski definition) is 5. The van der Waals surface area contributed by atoms with Crippen molar-refractivity contribution in [3.8, 4) is 11.5 Å². The van der Waals surface area contributed by atoms with Gasteiger partial charge in [0.1, 0.15) is 11.5 Å². The molecule has 1 fully saturated rings. The first kappa shape index (κ1) is 14.6. The van der Waals surface area contributed by atoms with E-state index in [1.54, 1.807) is 6.07 Å². The first-order valence-corrected chi connectivity index (χ1v) is 6.88. The Hall–Kier alpha value is -1.82. The molecule has 1 aliphatic heterocycles. The molecule has 2 rings (SSSR count).